The fraction of sp³-hybridized carbons (Fsp3) is 0. The van der Waals surface area contributed by atoms with Crippen LogP contribution >= 0.6 is 0 Å². The number of nitrogens with one attached hydrogen (secondary N) is 1. The van der Waals surface area contributed by atoms with Gasteiger partial charge in [-0.1, -0.05) is 66.7 Å². The van der Waals surface area contributed by atoms with Gasteiger partial charge in [0.25, 0.3) is 0 Å². The molecule has 0 bridgehead atoms. The lowest BCUT2D eigenvalue weighted by atomic mass is 10.0. The Bertz CT molecular complexity index is 1810. The summed E-state index contributed by atoms with van der Waals surface area (Å²) in [5, 5.41) is 5.76. The molecule has 7 aromatic rings. The first-order valence-electron chi connectivity index (χ1n) is 11.5. The normalized spacial score (nSPS) is 11.4. The van der Waals surface area contributed by atoms with E-state index in [0.29, 0.717) is 0 Å². The minimum Gasteiger partial charge on any atom is -0.454 e. The average molecular weight is 453 g/mol. The Morgan fingerprint density at radius 1 is 0.571 bits per heavy atom. The molecule has 2 aromatic heterocycles. The third-order valence-corrected chi connectivity index (χ3v) is 6.41. The van der Waals surface area contributed by atoms with Gasteiger partial charge < -0.3 is 14.2 Å². The number of furan rings is 1. The minimum atomic E-state index is 0.769. The molecule has 0 radical (unpaired) electrons. The van der Waals surface area contributed by atoms with Crippen LogP contribution in [0.15, 0.2) is 124 Å². The van der Waals surface area contributed by atoms with Crippen LogP contribution in [0, 0.1) is 0 Å². The predicted molar refractivity (Wildman–Crippen MR) is 142 cm³/mol. The summed E-state index contributed by atoms with van der Waals surface area (Å²) in [4.78, 5) is 4.24. The Hall–Kier alpha value is -4.83. The number of hydrogen-bond acceptors (Lipinski definition) is 4. The number of fused-ring (bicyclic) bond motifs is 4. The molecule has 1 N–H and O–H groups in total. The second-order valence-corrected chi connectivity index (χ2v) is 8.60. The molecule has 0 spiro atoms. The van der Waals surface area contributed by atoms with Crippen LogP contribution < -0.4 is 5.32 Å². The van der Waals surface area contributed by atoms with Crippen LogP contribution in [0.4, 0.5) is 11.4 Å². The van der Waals surface area contributed by atoms with E-state index in [1.807, 2.05) is 36.4 Å². The fourth-order valence-corrected chi connectivity index (χ4v) is 4.65. The molecule has 7 rings (SSSR count). The number of aromatic nitrogens is 1. The van der Waals surface area contributed by atoms with Crippen molar-refractivity contribution in [1.29, 1.82) is 0 Å². The number of oxazole rings is 1. The molecule has 0 unspecified atom stereocenters. The summed E-state index contributed by atoms with van der Waals surface area (Å²) in [5.41, 5.74) is 9.74. The zero-order valence-corrected chi connectivity index (χ0v) is 18.7. The smallest absolute Gasteiger partial charge is 0.181 e. The third kappa shape index (κ3) is 3.44. The van der Waals surface area contributed by atoms with Gasteiger partial charge in [-0.3, -0.25) is 0 Å². The first kappa shape index (κ1) is 19.6. The highest BCUT2D eigenvalue weighted by molar-refractivity contribution is 6.11. The molecule has 0 saturated carbocycles. The Morgan fingerprint density at radius 3 is 2.23 bits per heavy atom. The van der Waals surface area contributed by atoms with Crippen LogP contribution in [0.1, 0.15) is 0 Å². The third-order valence-electron chi connectivity index (χ3n) is 6.41. The molecule has 166 valence electrons. The van der Waals surface area contributed by atoms with Crippen LogP contribution in [0.2, 0.25) is 0 Å². The number of anilines is 2. The summed E-state index contributed by atoms with van der Waals surface area (Å²) in [6.45, 7) is 0. The fourth-order valence-electron chi connectivity index (χ4n) is 4.65. The van der Waals surface area contributed by atoms with Crippen molar-refractivity contribution in [3.63, 3.8) is 0 Å². The van der Waals surface area contributed by atoms with Gasteiger partial charge in [-0.05, 0) is 64.7 Å². The lowest BCUT2D eigenvalue weighted by Gasteiger charge is -2.11. The highest BCUT2D eigenvalue weighted by atomic mass is 16.3. The van der Waals surface area contributed by atoms with E-state index in [-0.39, 0.29) is 0 Å². The van der Waals surface area contributed by atoms with E-state index in [0.717, 1.165) is 55.5 Å². The van der Waals surface area contributed by atoms with Gasteiger partial charge in [0.05, 0.1) is 5.69 Å². The van der Waals surface area contributed by atoms with E-state index in [4.69, 9.17) is 8.83 Å². The zero-order valence-electron chi connectivity index (χ0n) is 18.7. The van der Waals surface area contributed by atoms with Crippen molar-refractivity contribution < 1.29 is 8.83 Å². The quantitative estimate of drug-likeness (QED) is 0.290. The van der Waals surface area contributed by atoms with Gasteiger partial charge in [0, 0.05) is 16.5 Å². The van der Waals surface area contributed by atoms with Crippen LogP contribution in [-0.2, 0) is 0 Å². The maximum Gasteiger partial charge on any atom is 0.181 e. The topological polar surface area (TPSA) is 51.2 Å². The van der Waals surface area contributed by atoms with Gasteiger partial charge in [0.1, 0.15) is 11.1 Å². The van der Waals surface area contributed by atoms with E-state index in [1.165, 1.54) is 17.5 Å². The summed E-state index contributed by atoms with van der Waals surface area (Å²) in [7, 11) is 0. The SMILES string of the molecule is c1ccc(-c2ccc(Nc3cc(-c4ccc5ncoc5c4)cc4c3oc3ccccc34)cc2)cc1. The van der Waals surface area contributed by atoms with Gasteiger partial charge in [-0.15, -0.1) is 0 Å². The van der Waals surface area contributed by atoms with E-state index in [1.54, 1.807) is 0 Å². The zero-order chi connectivity index (χ0) is 23.2. The van der Waals surface area contributed by atoms with Crippen molar-refractivity contribution in [3.05, 3.63) is 116 Å². The van der Waals surface area contributed by atoms with E-state index in [9.17, 15) is 0 Å². The minimum absolute atomic E-state index is 0.769. The molecule has 5 aromatic carbocycles. The van der Waals surface area contributed by atoms with Gasteiger partial charge >= 0.3 is 0 Å². The summed E-state index contributed by atoms with van der Waals surface area (Å²) in [6.07, 6.45) is 1.48. The first-order valence-corrected chi connectivity index (χ1v) is 11.5. The van der Waals surface area contributed by atoms with Gasteiger partial charge in [0.2, 0.25) is 0 Å². The van der Waals surface area contributed by atoms with Crippen LogP contribution in [0.3, 0.4) is 0 Å². The van der Waals surface area contributed by atoms with Crippen molar-refractivity contribution in [2.45, 2.75) is 0 Å². The first-order chi connectivity index (χ1) is 17.3. The molecular weight excluding hydrogens is 432 g/mol. The summed E-state index contributed by atoms with van der Waals surface area (Å²) in [5.74, 6) is 0. The van der Waals surface area contributed by atoms with Gasteiger partial charge in [0.15, 0.2) is 17.6 Å². The average Bonchev–Trinajstić information content (AvgIpc) is 3.54. The Labute approximate surface area is 201 Å². The summed E-state index contributed by atoms with van der Waals surface area (Å²) < 4.78 is 11.9. The van der Waals surface area contributed by atoms with E-state index in [2.05, 4.69) is 83.1 Å². The van der Waals surface area contributed by atoms with Crippen molar-refractivity contribution in [2.75, 3.05) is 5.32 Å². The summed E-state index contributed by atoms with van der Waals surface area (Å²) in [6, 6.07) is 37.4. The maximum atomic E-state index is 6.31. The monoisotopic (exact) mass is 452 g/mol. The van der Waals surface area contributed by atoms with Crippen LogP contribution in [-0.4, -0.2) is 4.98 Å². The molecule has 0 atom stereocenters. The molecule has 0 fully saturated rings. The van der Waals surface area contributed by atoms with E-state index >= 15 is 0 Å². The van der Waals surface area contributed by atoms with E-state index < -0.39 is 0 Å². The molecule has 0 amide bonds. The molecular formula is C31H20N2O2. The number of nitrogens with zero attached hydrogens (tertiary/aromatic N) is 1. The van der Waals surface area contributed by atoms with Crippen molar-refractivity contribution in [2.24, 2.45) is 0 Å². The standard InChI is InChI=1S/C31H20N2O2/c1-2-6-20(7-3-1)21-10-13-24(14-11-21)33-28-17-23(22-12-15-27-30(18-22)34-19-32-27)16-26-25-8-4-5-9-29(25)35-31(26)28/h1-19,33H. The number of benzene rings is 5. The summed E-state index contributed by atoms with van der Waals surface area (Å²) >= 11 is 0. The molecule has 4 nitrogen and oxygen atoms in total. The molecule has 2 heterocycles. The van der Waals surface area contributed by atoms with Crippen molar-refractivity contribution in [3.8, 4) is 22.3 Å². The molecule has 35 heavy (non-hydrogen) atoms. The highest BCUT2D eigenvalue weighted by Crippen LogP contribution is 2.39. The maximum absolute atomic E-state index is 6.31. The molecule has 0 aliphatic heterocycles. The lowest BCUT2D eigenvalue weighted by Crippen LogP contribution is -1.92. The Morgan fingerprint density at radius 2 is 1.34 bits per heavy atom. The second kappa shape index (κ2) is 7.89. The number of hydrogen-bond donors (Lipinski definition) is 1. The molecule has 0 aliphatic rings. The van der Waals surface area contributed by atoms with Gasteiger partial charge in [-0.25, -0.2) is 4.98 Å². The lowest BCUT2D eigenvalue weighted by molar-refractivity contribution is 0.602. The Balaban J connectivity index is 1.36. The van der Waals surface area contributed by atoms with Crippen LogP contribution in [0.5, 0.6) is 0 Å². The van der Waals surface area contributed by atoms with Gasteiger partial charge in [-0.2, -0.15) is 0 Å². The highest BCUT2D eigenvalue weighted by Gasteiger charge is 2.15. The molecule has 4 heteroatoms. The molecule has 0 saturated heterocycles. The predicted octanol–water partition coefficient (Wildman–Crippen LogP) is 8.80. The second-order valence-electron chi connectivity index (χ2n) is 8.60. The Kier molecular flexibility index (Phi) is 4.42. The van der Waals surface area contributed by atoms with Crippen LogP contribution in [0.25, 0.3) is 55.3 Å². The molecule has 0 aliphatic carbocycles. The van der Waals surface area contributed by atoms with Crippen molar-refractivity contribution in [1.82, 2.24) is 4.98 Å². The van der Waals surface area contributed by atoms with Crippen molar-refractivity contribution >= 4 is 44.4 Å². The number of rotatable bonds is 4. The largest absolute Gasteiger partial charge is 0.454 e. The number of para-hydroxylation sites is 1.